The highest BCUT2D eigenvalue weighted by Gasteiger charge is 2.20. The van der Waals surface area contributed by atoms with Crippen molar-refractivity contribution < 1.29 is 0 Å². The maximum absolute atomic E-state index is 2.47. The first-order valence-corrected chi connectivity index (χ1v) is 10.8. The minimum atomic E-state index is -0.251. The van der Waals surface area contributed by atoms with Gasteiger partial charge < -0.3 is 0 Å². The molecule has 0 spiro atoms. The summed E-state index contributed by atoms with van der Waals surface area (Å²) in [7, 11) is -0.251. The number of hydrogen-bond acceptors (Lipinski definition) is 0. The topological polar surface area (TPSA) is 0 Å². The maximum Gasteiger partial charge on any atom is -0.0228 e. The molecule has 0 aliphatic carbocycles. The summed E-state index contributed by atoms with van der Waals surface area (Å²) in [6.07, 6.45) is 13.0. The summed E-state index contributed by atoms with van der Waals surface area (Å²) >= 11 is 0. The van der Waals surface area contributed by atoms with Gasteiger partial charge in [0.15, 0.2) is 0 Å². The molecule has 0 rings (SSSR count). The van der Waals surface area contributed by atoms with Gasteiger partial charge in [-0.2, -0.15) is 0 Å². The van der Waals surface area contributed by atoms with E-state index >= 15 is 0 Å². The van der Waals surface area contributed by atoms with E-state index in [1.165, 1.54) is 63.5 Å². The number of rotatable bonds is 13. The monoisotopic (exact) mass is 274 g/mol. The molecule has 0 saturated heterocycles. The molecule has 0 aromatic heterocycles. The quantitative estimate of drug-likeness (QED) is 0.342. The zero-order chi connectivity index (χ0) is 13.7. The molecule has 0 aliphatic heterocycles. The van der Waals surface area contributed by atoms with E-state index in [2.05, 4.69) is 27.7 Å². The third-order valence-electron chi connectivity index (χ3n) is 4.16. The summed E-state index contributed by atoms with van der Waals surface area (Å²) in [5, 5.41) is 0. The molecule has 0 aromatic carbocycles. The van der Waals surface area contributed by atoms with Crippen LogP contribution in [0.3, 0.4) is 0 Å². The molecule has 0 nitrogen and oxygen atoms in total. The SMILES string of the molecule is CCCCCS(CC)(CCCCC)CCCCC. The van der Waals surface area contributed by atoms with Gasteiger partial charge in [0.2, 0.25) is 0 Å². The van der Waals surface area contributed by atoms with Crippen LogP contribution in [0.15, 0.2) is 0 Å². The van der Waals surface area contributed by atoms with Crippen molar-refractivity contribution in [3.8, 4) is 0 Å². The molecule has 0 unspecified atom stereocenters. The summed E-state index contributed by atoms with van der Waals surface area (Å²) < 4.78 is 0. The number of unbranched alkanes of at least 4 members (excludes halogenated alkanes) is 6. The fourth-order valence-corrected chi connectivity index (χ4v) is 6.64. The predicted octanol–water partition coefficient (Wildman–Crippen LogP) is 6.38. The van der Waals surface area contributed by atoms with Gasteiger partial charge in [-0.1, -0.05) is 66.2 Å². The van der Waals surface area contributed by atoms with Gasteiger partial charge in [0, 0.05) is 0 Å². The molecule has 0 aliphatic rings. The lowest BCUT2D eigenvalue weighted by Crippen LogP contribution is -2.16. The molecule has 18 heavy (non-hydrogen) atoms. The van der Waals surface area contributed by atoms with Crippen LogP contribution < -0.4 is 0 Å². The summed E-state index contributed by atoms with van der Waals surface area (Å²) in [4.78, 5) is 0. The molecule has 0 saturated carbocycles. The van der Waals surface area contributed by atoms with Crippen LogP contribution in [0.25, 0.3) is 0 Å². The highest BCUT2D eigenvalue weighted by molar-refractivity contribution is 8.33. The third-order valence-corrected chi connectivity index (χ3v) is 8.84. The molecule has 0 radical (unpaired) electrons. The molecule has 0 fully saturated rings. The van der Waals surface area contributed by atoms with Crippen molar-refractivity contribution in [2.24, 2.45) is 0 Å². The Labute approximate surface area is 119 Å². The molecular formula is C17H38S. The summed E-state index contributed by atoms with van der Waals surface area (Å²) in [6, 6.07) is 0. The molecular weight excluding hydrogens is 236 g/mol. The number of hydrogen-bond donors (Lipinski definition) is 0. The average Bonchev–Trinajstić information content (AvgIpc) is 2.39. The predicted molar refractivity (Wildman–Crippen MR) is 91.3 cm³/mol. The molecule has 1 heteroatoms. The minimum absolute atomic E-state index is 0.251. The van der Waals surface area contributed by atoms with Crippen LogP contribution in [0.5, 0.6) is 0 Å². The molecule has 0 N–H and O–H groups in total. The first-order valence-electron chi connectivity index (χ1n) is 8.48. The van der Waals surface area contributed by atoms with Crippen LogP contribution in [0.1, 0.15) is 85.5 Å². The minimum Gasteiger partial charge on any atom is -0.241 e. The highest BCUT2D eigenvalue weighted by Crippen LogP contribution is 2.50. The van der Waals surface area contributed by atoms with Crippen molar-refractivity contribution in [3.63, 3.8) is 0 Å². The third kappa shape index (κ3) is 8.45. The molecule has 112 valence electrons. The van der Waals surface area contributed by atoms with E-state index in [1.807, 2.05) is 0 Å². The van der Waals surface area contributed by atoms with E-state index in [0.717, 1.165) is 0 Å². The van der Waals surface area contributed by atoms with Gasteiger partial charge in [-0.05, 0) is 42.3 Å². The second-order valence-electron chi connectivity index (χ2n) is 5.75. The summed E-state index contributed by atoms with van der Waals surface area (Å²) in [6.45, 7) is 9.46. The van der Waals surface area contributed by atoms with Gasteiger partial charge in [0.25, 0.3) is 0 Å². The Hall–Kier alpha value is 0.350. The Morgan fingerprint density at radius 1 is 0.500 bits per heavy atom. The lowest BCUT2D eigenvalue weighted by molar-refractivity contribution is 0.748. The zero-order valence-electron chi connectivity index (χ0n) is 13.6. The van der Waals surface area contributed by atoms with Gasteiger partial charge >= 0.3 is 0 Å². The van der Waals surface area contributed by atoms with Crippen LogP contribution >= 0.6 is 10.0 Å². The van der Waals surface area contributed by atoms with Crippen LogP contribution in [-0.2, 0) is 0 Å². The van der Waals surface area contributed by atoms with Crippen molar-refractivity contribution >= 4 is 10.0 Å². The van der Waals surface area contributed by atoms with E-state index in [-0.39, 0.29) is 10.0 Å². The highest BCUT2D eigenvalue weighted by atomic mass is 32.3. The van der Waals surface area contributed by atoms with Gasteiger partial charge in [-0.3, -0.25) is 0 Å². The van der Waals surface area contributed by atoms with Crippen LogP contribution in [0.2, 0.25) is 0 Å². The summed E-state index contributed by atoms with van der Waals surface area (Å²) in [5.74, 6) is 6.21. The Bertz CT molecular complexity index is 138. The Balaban J connectivity index is 4.20. The lowest BCUT2D eigenvalue weighted by atomic mass is 10.3. The Morgan fingerprint density at radius 3 is 1.06 bits per heavy atom. The van der Waals surface area contributed by atoms with E-state index < -0.39 is 0 Å². The van der Waals surface area contributed by atoms with Crippen molar-refractivity contribution in [2.75, 3.05) is 23.0 Å². The molecule has 0 bridgehead atoms. The van der Waals surface area contributed by atoms with E-state index in [1.54, 1.807) is 17.3 Å². The van der Waals surface area contributed by atoms with Gasteiger partial charge in [0.1, 0.15) is 0 Å². The zero-order valence-corrected chi connectivity index (χ0v) is 14.4. The normalized spacial score (nSPS) is 12.9. The van der Waals surface area contributed by atoms with Crippen molar-refractivity contribution in [1.82, 2.24) is 0 Å². The average molecular weight is 275 g/mol. The lowest BCUT2D eigenvalue weighted by Gasteiger charge is -2.40. The van der Waals surface area contributed by atoms with Crippen LogP contribution in [0.4, 0.5) is 0 Å². The van der Waals surface area contributed by atoms with Crippen molar-refractivity contribution in [1.29, 1.82) is 0 Å². The fraction of sp³-hybridized carbons (Fsp3) is 1.00. The fourth-order valence-electron chi connectivity index (χ4n) is 2.71. The maximum atomic E-state index is 2.47. The second kappa shape index (κ2) is 12.4. The van der Waals surface area contributed by atoms with E-state index in [9.17, 15) is 0 Å². The van der Waals surface area contributed by atoms with Crippen LogP contribution in [-0.4, -0.2) is 23.0 Å². The molecule has 0 heterocycles. The smallest absolute Gasteiger partial charge is 0.0228 e. The van der Waals surface area contributed by atoms with Gasteiger partial charge in [-0.15, -0.1) is 0 Å². The van der Waals surface area contributed by atoms with Crippen LogP contribution in [0, 0.1) is 0 Å². The first kappa shape index (κ1) is 18.4. The first-order chi connectivity index (χ1) is 8.74. The standard InChI is InChI=1S/C17H38S/c1-5-9-12-15-18(8-4,16-13-10-6-2)17-14-11-7-3/h5-17H2,1-4H3. The van der Waals surface area contributed by atoms with Crippen molar-refractivity contribution in [2.45, 2.75) is 85.5 Å². The van der Waals surface area contributed by atoms with E-state index in [0.29, 0.717) is 0 Å². The molecule has 0 amide bonds. The Morgan fingerprint density at radius 2 is 0.833 bits per heavy atom. The van der Waals surface area contributed by atoms with Gasteiger partial charge in [0.05, 0.1) is 0 Å². The Kier molecular flexibility index (Phi) is 12.6. The van der Waals surface area contributed by atoms with E-state index in [4.69, 9.17) is 0 Å². The summed E-state index contributed by atoms with van der Waals surface area (Å²) in [5.41, 5.74) is 0. The van der Waals surface area contributed by atoms with Gasteiger partial charge in [-0.25, -0.2) is 10.0 Å². The second-order valence-corrected chi connectivity index (χ2v) is 10.00. The largest absolute Gasteiger partial charge is 0.241 e. The molecule has 0 atom stereocenters. The van der Waals surface area contributed by atoms with Crippen molar-refractivity contribution in [3.05, 3.63) is 0 Å². The molecule has 0 aromatic rings.